The lowest BCUT2D eigenvalue weighted by Gasteiger charge is -2.09. The van der Waals surface area contributed by atoms with E-state index in [9.17, 15) is 5.11 Å². The van der Waals surface area contributed by atoms with Gasteiger partial charge in [0, 0.05) is 0 Å². The molecule has 2 heteroatoms. The fraction of sp³-hybridized carbons (Fsp3) is 1.00. The third kappa shape index (κ3) is 20.7. The molecule has 0 amide bonds. The summed E-state index contributed by atoms with van der Waals surface area (Å²) < 4.78 is 1.17. The van der Waals surface area contributed by atoms with Gasteiger partial charge < -0.3 is 5.11 Å². The van der Waals surface area contributed by atoms with Gasteiger partial charge in [0.25, 0.3) is 0 Å². The van der Waals surface area contributed by atoms with Crippen LogP contribution in [0, 0.1) is 0 Å². The topological polar surface area (TPSA) is 20.2 Å². The first kappa shape index (κ1) is 24.7. The highest BCUT2D eigenvalue weighted by molar-refractivity contribution is 14.1. The average Bonchev–Trinajstić information content (AvgIpc) is 2.59. The Morgan fingerprint density at radius 3 is 1.25 bits per heavy atom. The van der Waals surface area contributed by atoms with Crippen molar-refractivity contribution in [1.29, 1.82) is 0 Å². The number of aliphatic hydroxyl groups excluding tert-OH is 1. The van der Waals surface area contributed by atoms with E-state index in [-0.39, 0.29) is 6.10 Å². The maximum atomic E-state index is 9.79. The quantitative estimate of drug-likeness (QED) is 0.112. The van der Waals surface area contributed by atoms with Crippen LogP contribution in [0.5, 0.6) is 0 Å². The van der Waals surface area contributed by atoms with Crippen molar-refractivity contribution in [3.05, 3.63) is 0 Å². The van der Waals surface area contributed by atoms with Crippen molar-refractivity contribution in [3.8, 4) is 0 Å². The Labute approximate surface area is 166 Å². The van der Waals surface area contributed by atoms with Crippen LogP contribution < -0.4 is 0 Å². The zero-order valence-corrected chi connectivity index (χ0v) is 18.7. The third-order valence-electron chi connectivity index (χ3n) is 5.06. The van der Waals surface area contributed by atoms with Crippen molar-refractivity contribution in [2.24, 2.45) is 0 Å². The summed E-state index contributed by atoms with van der Waals surface area (Å²) in [4.78, 5) is 0. The van der Waals surface area contributed by atoms with Crippen molar-refractivity contribution in [2.45, 2.75) is 135 Å². The Morgan fingerprint density at radius 1 is 0.542 bits per heavy atom. The molecule has 0 aromatic rings. The normalized spacial score (nSPS) is 12.6. The first-order chi connectivity index (χ1) is 11.8. The zero-order valence-electron chi connectivity index (χ0n) is 16.5. The summed E-state index contributed by atoms with van der Waals surface area (Å²) in [5, 5.41) is 9.79. The molecule has 0 spiro atoms. The van der Waals surface area contributed by atoms with Crippen molar-refractivity contribution in [2.75, 3.05) is 4.43 Å². The molecule has 1 unspecified atom stereocenters. The monoisotopic (exact) mass is 452 g/mol. The molecule has 0 aliphatic heterocycles. The average molecular weight is 453 g/mol. The largest absolute Gasteiger partial charge is 0.393 e. The molecular formula is C22H45IO. The van der Waals surface area contributed by atoms with Crippen molar-refractivity contribution in [1.82, 2.24) is 0 Å². The molecule has 1 nitrogen and oxygen atoms in total. The number of rotatable bonds is 20. The Bertz CT molecular complexity index is 220. The smallest absolute Gasteiger partial charge is 0.0540 e. The fourth-order valence-electron chi connectivity index (χ4n) is 3.39. The zero-order chi connectivity index (χ0) is 17.7. The van der Waals surface area contributed by atoms with E-state index in [1.54, 1.807) is 0 Å². The van der Waals surface area contributed by atoms with E-state index >= 15 is 0 Å². The molecule has 0 bridgehead atoms. The summed E-state index contributed by atoms with van der Waals surface area (Å²) in [6, 6.07) is 0. The van der Waals surface area contributed by atoms with E-state index in [1.165, 1.54) is 114 Å². The van der Waals surface area contributed by atoms with Crippen LogP contribution in [-0.4, -0.2) is 15.6 Å². The van der Waals surface area contributed by atoms with Crippen LogP contribution in [-0.2, 0) is 0 Å². The van der Waals surface area contributed by atoms with Gasteiger partial charge in [-0.1, -0.05) is 132 Å². The molecule has 0 aliphatic carbocycles. The van der Waals surface area contributed by atoms with E-state index in [0.717, 1.165) is 12.8 Å². The highest BCUT2D eigenvalue weighted by Gasteiger charge is 2.02. The van der Waals surface area contributed by atoms with Gasteiger partial charge in [0.15, 0.2) is 0 Å². The van der Waals surface area contributed by atoms with Crippen molar-refractivity contribution >= 4 is 22.6 Å². The molecule has 0 aliphatic rings. The molecule has 0 aromatic carbocycles. The van der Waals surface area contributed by atoms with Crippen LogP contribution in [0.1, 0.15) is 129 Å². The van der Waals surface area contributed by atoms with Gasteiger partial charge in [-0.05, 0) is 23.7 Å². The van der Waals surface area contributed by atoms with Crippen LogP contribution in [0.25, 0.3) is 0 Å². The lowest BCUT2D eigenvalue weighted by atomic mass is 10.0. The molecule has 0 fully saturated rings. The highest BCUT2D eigenvalue weighted by Crippen LogP contribution is 2.15. The van der Waals surface area contributed by atoms with Gasteiger partial charge in [-0.25, -0.2) is 0 Å². The first-order valence-electron chi connectivity index (χ1n) is 11.0. The van der Waals surface area contributed by atoms with E-state index in [1.807, 2.05) is 0 Å². The summed E-state index contributed by atoms with van der Waals surface area (Å²) in [7, 11) is 0. The van der Waals surface area contributed by atoms with Crippen LogP contribution >= 0.6 is 22.6 Å². The third-order valence-corrected chi connectivity index (χ3v) is 5.82. The van der Waals surface area contributed by atoms with Crippen LogP contribution in [0.15, 0.2) is 0 Å². The Balaban J connectivity index is 3.02. The van der Waals surface area contributed by atoms with Gasteiger partial charge in [-0.15, -0.1) is 0 Å². The van der Waals surface area contributed by atoms with Crippen molar-refractivity contribution in [3.63, 3.8) is 0 Å². The first-order valence-corrected chi connectivity index (χ1v) is 12.6. The molecule has 24 heavy (non-hydrogen) atoms. The van der Waals surface area contributed by atoms with Gasteiger partial charge in [0.05, 0.1) is 6.10 Å². The second kappa shape index (κ2) is 21.7. The minimum absolute atomic E-state index is 0.0357. The van der Waals surface area contributed by atoms with E-state index in [0.29, 0.717) is 0 Å². The molecule has 0 radical (unpaired) electrons. The molecule has 146 valence electrons. The number of hydrogen-bond donors (Lipinski definition) is 1. The summed E-state index contributed by atoms with van der Waals surface area (Å²) in [5.41, 5.74) is 0. The molecule has 0 saturated carbocycles. The molecule has 1 atom stereocenters. The SMILES string of the molecule is CCCCCCCCCCCCCCCCCCC(O)CCCI. The second-order valence-corrected chi connectivity index (χ2v) is 8.66. The van der Waals surface area contributed by atoms with Gasteiger partial charge >= 0.3 is 0 Å². The molecular weight excluding hydrogens is 407 g/mol. The predicted octanol–water partition coefficient (Wildman–Crippen LogP) is 8.21. The summed E-state index contributed by atoms with van der Waals surface area (Å²) in [6.45, 7) is 2.29. The highest BCUT2D eigenvalue weighted by atomic mass is 127. The molecule has 0 aromatic heterocycles. The summed E-state index contributed by atoms with van der Waals surface area (Å²) in [5.74, 6) is 0. The molecule has 0 saturated heterocycles. The van der Waals surface area contributed by atoms with Gasteiger partial charge in [-0.2, -0.15) is 0 Å². The van der Waals surface area contributed by atoms with E-state index in [2.05, 4.69) is 29.5 Å². The number of unbranched alkanes of at least 4 members (excludes halogenated alkanes) is 15. The van der Waals surface area contributed by atoms with Crippen LogP contribution in [0.3, 0.4) is 0 Å². The second-order valence-electron chi connectivity index (χ2n) is 7.58. The van der Waals surface area contributed by atoms with Crippen molar-refractivity contribution < 1.29 is 5.11 Å². The van der Waals surface area contributed by atoms with E-state index in [4.69, 9.17) is 0 Å². The minimum atomic E-state index is -0.0357. The summed E-state index contributed by atoms with van der Waals surface area (Å²) in [6.07, 6.45) is 25.8. The Morgan fingerprint density at radius 2 is 0.875 bits per heavy atom. The summed E-state index contributed by atoms with van der Waals surface area (Å²) >= 11 is 2.39. The number of aliphatic hydroxyl groups is 1. The number of hydrogen-bond acceptors (Lipinski definition) is 1. The molecule has 0 rings (SSSR count). The maximum Gasteiger partial charge on any atom is 0.0540 e. The van der Waals surface area contributed by atoms with Gasteiger partial charge in [-0.3, -0.25) is 0 Å². The molecule has 0 heterocycles. The Hall–Kier alpha value is 0.690. The standard InChI is InChI=1S/C22H45IO/c1-2-3-4-5-6-7-8-9-10-11-12-13-14-15-16-17-19-22(24)20-18-21-23/h22,24H,2-21H2,1H3. The lowest BCUT2D eigenvalue weighted by Crippen LogP contribution is -2.06. The van der Waals surface area contributed by atoms with Crippen LogP contribution in [0.4, 0.5) is 0 Å². The van der Waals surface area contributed by atoms with Gasteiger partial charge in [0.2, 0.25) is 0 Å². The van der Waals surface area contributed by atoms with E-state index < -0.39 is 0 Å². The minimum Gasteiger partial charge on any atom is -0.393 e. The lowest BCUT2D eigenvalue weighted by molar-refractivity contribution is 0.150. The predicted molar refractivity (Wildman–Crippen MR) is 118 cm³/mol. The fourth-order valence-corrected chi connectivity index (χ4v) is 3.83. The Kier molecular flexibility index (Phi) is 22.4. The van der Waals surface area contributed by atoms with Gasteiger partial charge in [0.1, 0.15) is 0 Å². The number of halogens is 1. The molecule has 1 N–H and O–H groups in total. The number of alkyl halides is 1. The maximum absolute atomic E-state index is 9.79. The van der Waals surface area contributed by atoms with Crippen LogP contribution in [0.2, 0.25) is 0 Å².